The lowest BCUT2D eigenvalue weighted by Crippen LogP contribution is -2.27. The standard InChI is InChI=1S/C13H27NO2/c1-2-3-5-8-14-9-11-15-12-13-7-4-6-10-16-13/h13-14H,2-12H2,1H3. The van der Waals surface area contributed by atoms with Gasteiger partial charge in [0.25, 0.3) is 0 Å². The summed E-state index contributed by atoms with van der Waals surface area (Å²) in [6.07, 6.45) is 7.93. The van der Waals surface area contributed by atoms with Crippen LogP contribution < -0.4 is 5.32 Å². The van der Waals surface area contributed by atoms with Crippen LogP contribution in [-0.4, -0.2) is 39.0 Å². The zero-order chi connectivity index (χ0) is 11.5. The summed E-state index contributed by atoms with van der Waals surface area (Å²) in [6.45, 7) is 6.83. The highest BCUT2D eigenvalue weighted by atomic mass is 16.5. The minimum atomic E-state index is 0.355. The van der Waals surface area contributed by atoms with Crippen molar-refractivity contribution in [2.24, 2.45) is 0 Å². The molecule has 1 aliphatic rings. The third kappa shape index (κ3) is 7.20. The summed E-state index contributed by atoms with van der Waals surface area (Å²) in [7, 11) is 0. The van der Waals surface area contributed by atoms with Gasteiger partial charge in [-0.05, 0) is 32.2 Å². The number of unbranched alkanes of at least 4 members (excludes halogenated alkanes) is 2. The van der Waals surface area contributed by atoms with Crippen LogP contribution in [-0.2, 0) is 9.47 Å². The summed E-state index contributed by atoms with van der Waals surface area (Å²) in [6, 6.07) is 0. The second-order valence-corrected chi connectivity index (χ2v) is 4.52. The predicted molar refractivity (Wildman–Crippen MR) is 66.8 cm³/mol. The van der Waals surface area contributed by atoms with E-state index in [0.717, 1.165) is 32.9 Å². The zero-order valence-electron chi connectivity index (χ0n) is 10.7. The first-order valence-electron chi connectivity index (χ1n) is 6.83. The molecule has 0 radical (unpaired) electrons. The van der Waals surface area contributed by atoms with E-state index in [-0.39, 0.29) is 0 Å². The number of ether oxygens (including phenoxy) is 2. The summed E-state index contributed by atoms with van der Waals surface area (Å²) >= 11 is 0. The van der Waals surface area contributed by atoms with Crippen molar-refractivity contribution in [3.05, 3.63) is 0 Å². The van der Waals surface area contributed by atoms with Gasteiger partial charge in [0.15, 0.2) is 0 Å². The molecule has 3 nitrogen and oxygen atoms in total. The first kappa shape index (κ1) is 13.9. The molecule has 3 heteroatoms. The summed E-state index contributed by atoms with van der Waals surface area (Å²) in [5, 5.41) is 3.39. The number of nitrogens with one attached hydrogen (secondary N) is 1. The molecule has 1 fully saturated rings. The fourth-order valence-corrected chi connectivity index (χ4v) is 1.92. The summed E-state index contributed by atoms with van der Waals surface area (Å²) in [5.74, 6) is 0. The average Bonchev–Trinajstić information content (AvgIpc) is 2.34. The largest absolute Gasteiger partial charge is 0.377 e. The summed E-state index contributed by atoms with van der Waals surface area (Å²) < 4.78 is 11.2. The zero-order valence-corrected chi connectivity index (χ0v) is 10.7. The van der Waals surface area contributed by atoms with Crippen LogP contribution in [0.15, 0.2) is 0 Å². The molecule has 0 aromatic carbocycles. The Labute approximate surface area is 99.9 Å². The maximum Gasteiger partial charge on any atom is 0.0808 e. The van der Waals surface area contributed by atoms with Crippen molar-refractivity contribution in [3.63, 3.8) is 0 Å². The maximum atomic E-state index is 5.59. The van der Waals surface area contributed by atoms with Gasteiger partial charge in [0.05, 0.1) is 19.3 Å². The van der Waals surface area contributed by atoms with E-state index in [2.05, 4.69) is 12.2 Å². The topological polar surface area (TPSA) is 30.5 Å². The monoisotopic (exact) mass is 229 g/mol. The van der Waals surface area contributed by atoms with Gasteiger partial charge < -0.3 is 14.8 Å². The number of rotatable bonds is 9. The molecule has 0 aromatic rings. The van der Waals surface area contributed by atoms with Gasteiger partial charge in [0.1, 0.15) is 0 Å². The first-order chi connectivity index (χ1) is 7.93. The van der Waals surface area contributed by atoms with Crippen molar-refractivity contribution in [1.29, 1.82) is 0 Å². The Morgan fingerprint density at radius 3 is 2.94 bits per heavy atom. The number of hydrogen-bond donors (Lipinski definition) is 1. The Kier molecular flexibility index (Phi) is 8.77. The summed E-state index contributed by atoms with van der Waals surface area (Å²) in [5.41, 5.74) is 0. The molecule has 1 saturated heterocycles. The Morgan fingerprint density at radius 1 is 1.25 bits per heavy atom. The van der Waals surface area contributed by atoms with Crippen LogP contribution in [0.1, 0.15) is 45.4 Å². The van der Waals surface area contributed by atoms with Crippen molar-refractivity contribution in [2.45, 2.75) is 51.6 Å². The van der Waals surface area contributed by atoms with Gasteiger partial charge in [-0.3, -0.25) is 0 Å². The third-order valence-corrected chi connectivity index (χ3v) is 2.96. The molecule has 1 N–H and O–H groups in total. The van der Waals surface area contributed by atoms with E-state index in [1.54, 1.807) is 0 Å². The van der Waals surface area contributed by atoms with Gasteiger partial charge in [-0.1, -0.05) is 19.8 Å². The van der Waals surface area contributed by atoms with Gasteiger partial charge in [0, 0.05) is 13.2 Å². The lowest BCUT2D eigenvalue weighted by molar-refractivity contribution is -0.0398. The second-order valence-electron chi connectivity index (χ2n) is 4.52. The van der Waals surface area contributed by atoms with Crippen LogP contribution in [0.2, 0.25) is 0 Å². The Morgan fingerprint density at radius 2 is 2.19 bits per heavy atom. The van der Waals surface area contributed by atoms with Crippen molar-refractivity contribution in [1.82, 2.24) is 5.32 Å². The third-order valence-electron chi connectivity index (χ3n) is 2.96. The Bertz CT molecular complexity index is 147. The molecule has 1 rings (SSSR count). The van der Waals surface area contributed by atoms with Crippen molar-refractivity contribution in [3.8, 4) is 0 Å². The highest BCUT2D eigenvalue weighted by Crippen LogP contribution is 2.12. The molecule has 0 saturated carbocycles. The van der Waals surface area contributed by atoms with Crippen LogP contribution in [0, 0.1) is 0 Å². The number of hydrogen-bond acceptors (Lipinski definition) is 3. The van der Waals surface area contributed by atoms with Crippen LogP contribution in [0.25, 0.3) is 0 Å². The smallest absolute Gasteiger partial charge is 0.0808 e. The lowest BCUT2D eigenvalue weighted by Gasteiger charge is -2.22. The van der Waals surface area contributed by atoms with Crippen molar-refractivity contribution >= 4 is 0 Å². The average molecular weight is 229 g/mol. The fourth-order valence-electron chi connectivity index (χ4n) is 1.92. The molecule has 16 heavy (non-hydrogen) atoms. The maximum absolute atomic E-state index is 5.59. The second kappa shape index (κ2) is 10.1. The molecule has 96 valence electrons. The highest BCUT2D eigenvalue weighted by molar-refractivity contribution is 4.62. The minimum Gasteiger partial charge on any atom is -0.377 e. The van der Waals surface area contributed by atoms with Crippen LogP contribution in [0.4, 0.5) is 0 Å². The van der Waals surface area contributed by atoms with E-state index in [1.165, 1.54) is 38.5 Å². The van der Waals surface area contributed by atoms with Crippen molar-refractivity contribution in [2.75, 3.05) is 32.9 Å². The predicted octanol–water partition coefficient (Wildman–Crippen LogP) is 2.35. The molecule has 0 spiro atoms. The van der Waals surface area contributed by atoms with E-state index in [4.69, 9.17) is 9.47 Å². The highest BCUT2D eigenvalue weighted by Gasteiger charge is 2.13. The van der Waals surface area contributed by atoms with E-state index in [9.17, 15) is 0 Å². The van der Waals surface area contributed by atoms with Gasteiger partial charge in [-0.25, -0.2) is 0 Å². The molecule has 1 aliphatic heterocycles. The van der Waals surface area contributed by atoms with Crippen LogP contribution in [0.3, 0.4) is 0 Å². The fraction of sp³-hybridized carbons (Fsp3) is 1.00. The van der Waals surface area contributed by atoms with Gasteiger partial charge in [0.2, 0.25) is 0 Å². The molecular formula is C13H27NO2. The molecule has 0 aliphatic carbocycles. The van der Waals surface area contributed by atoms with Gasteiger partial charge in [-0.2, -0.15) is 0 Å². The van der Waals surface area contributed by atoms with E-state index >= 15 is 0 Å². The Balaban J connectivity index is 1.77. The van der Waals surface area contributed by atoms with Crippen LogP contribution >= 0.6 is 0 Å². The van der Waals surface area contributed by atoms with E-state index in [0.29, 0.717) is 6.10 Å². The quantitative estimate of drug-likeness (QED) is 0.616. The Hall–Kier alpha value is -0.120. The van der Waals surface area contributed by atoms with Gasteiger partial charge in [-0.15, -0.1) is 0 Å². The van der Waals surface area contributed by atoms with E-state index < -0.39 is 0 Å². The molecule has 0 amide bonds. The molecule has 1 unspecified atom stereocenters. The van der Waals surface area contributed by atoms with Crippen molar-refractivity contribution < 1.29 is 9.47 Å². The van der Waals surface area contributed by atoms with E-state index in [1.807, 2.05) is 0 Å². The summed E-state index contributed by atoms with van der Waals surface area (Å²) in [4.78, 5) is 0. The normalized spacial score (nSPS) is 21.2. The molecule has 1 heterocycles. The molecule has 0 bridgehead atoms. The SMILES string of the molecule is CCCCCNCCOCC1CCCCO1. The van der Waals surface area contributed by atoms with Gasteiger partial charge >= 0.3 is 0 Å². The lowest BCUT2D eigenvalue weighted by atomic mass is 10.1. The molecule has 0 aromatic heterocycles. The van der Waals surface area contributed by atoms with Crippen LogP contribution in [0.5, 0.6) is 0 Å². The molecular weight excluding hydrogens is 202 g/mol. The first-order valence-corrected chi connectivity index (χ1v) is 6.83. The molecule has 1 atom stereocenters. The minimum absolute atomic E-state index is 0.355.